The number of carbonyl (C=O) groups excluding carboxylic acids is 1. The van der Waals surface area contributed by atoms with Crippen molar-refractivity contribution < 1.29 is 9.53 Å². The Balaban J connectivity index is 1.41. The number of esters is 1. The Morgan fingerprint density at radius 1 is 1.14 bits per heavy atom. The highest BCUT2D eigenvalue weighted by atomic mass is 32.2. The molecule has 9 heteroatoms. The normalized spacial score (nSPS) is 13.9. The molecule has 7 nitrogen and oxygen atoms in total. The lowest BCUT2D eigenvalue weighted by molar-refractivity contribution is -0.141. The van der Waals surface area contributed by atoms with E-state index in [1.807, 2.05) is 19.9 Å². The Hall–Kier alpha value is -2.26. The van der Waals surface area contributed by atoms with Gasteiger partial charge in [0, 0.05) is 16.3 Å². The predicted molar refractivity (Wildman–Crippen MR) is 115 cm³/mol. The minimum Gasteiger partial charge on any atom is -0.457 e. The molecule has 0 atom stereocenters. The predicted octanol–water partition coefficient (Wildman–Crippen LogP) is 3.78. The molecule has 0 bridgehead atoms. The minimum absolute atomic E-state index is 0.00972. The summed E-state index contributed by atoms with van der Waals surface area (Å²) in [4.78, 5) is 32.0. The second-order valence-electron chi connectivity index (χ2n) is 7.15. The van der Waals surface area contributed by atoms with E-state index in [9.17, 15) is 4.79 Å². The second-order valence-corrected chi connectivity index (χ2v) is 9.18. The number of ether oxygens (including phenoxy) is 1. The topological polar surface area (TPSA) is 104 Å². The number of thioether (sulfide) groups is 1. The van der Waals surface area contributed by atoms with Crippen LogP contribution in [0.3, 0.4) is 0 Å². The third-order valence-electron chi connectivity index (χ3n) is 4.78. The number of thiophene rings is 1. The van der Waals surface area contributed by atoms with E-state index in [0.29, 0.717) is 16.8 Å². The molecule has 0 spiro atoms. The molecule has 0 unspecified atom stereocenters. The van der Waals surface area contributed by atoms with Crippen molar-refractivity contribution in [2.24, 2.45) is 0 Å². The lowest BCUT2D eigenvalue weighted by Gasteiger charge is -2.06. The fraction of sp³-hybridized carbons (Fsp3) is 0.450. The van der Waals surface area contributed by atoms with Crippen LogP contribution in [0, 0.1) is 13.8 Å². The number of nitrogens with two attached hydrogens (primary N) is 1. The average molecular weight is 430 g/mol. The number of aromatic nitrogens is 4. The van der Waals surface area contributed by atoms with Crippen LogP contribution in [0.4, 0.5) is 5.82 Å². The third kappa shape index (κ3) is 4.67. The van der Waals surface area contributed by atoms with Crippen LogP contribution < -0.4 is 5.73 Å². The number of nitrogen functional groups attached to an aromatic ring is 1. The quantitative estimate of drug-likeness (QED) is 0.283. The van der Waals surface area contributed by atoms with Gasteiger partial charge in [-0.2, -0.15) is 0 Å². The second kappa shape index (κ2) is 8.62. The van der Waals surface area contributed by atoms with Gasteiger partial charge in [-0.3, -0.25) is 4.79 Å². The van der Waals surface area contributed by atoms with Crippen LogP contribution >= 0.6 is 23.1 Å². The summed E-state index contributed by atoms with van der Waals surface area (Å²) >= 11 is 2.95. The fourth-order valence-electron chi connectivity index (χ4n) is 3.54. The van der Waals surface area contributed by atoms with Crippen molar-refractivity contribution in [3.63, 3.8) is 0 Å². The molecule has 3 aromatic heterocycles. The lowest BCUT2D eigenvalue weighted by atomic mass is 10.1. The maximum absolute atomic E-state index is 12.1. The summed E-state index contributed by atoms with van der Waals surface area (Å²) in [6.45, 7) is 3.81. The van der Waals surface area contributed by atoms with Crippen molar-refractivity contribution in [2.45, 2.75) is 57.7 Å². The summed E-state index contributed by atoms with van der Waals surface area (Å²) in [5.74, 6) is 0.696. The number of hydrogen-bond donors (Lipinski definition) is 1. The standard InChI is InChI=1S/C20H23N5O2S2/c1-11-8-12(2)23-20(22-11)28-10-16(26)27-9-15-24-18(21)17-13-6-4-3-5-7-14(13)29-19(17)25-15/h8H,3-7,9-10H2,1-2H3,(H2,21,24,25). The fourth-order valence-corrected chi connectivity index (χ4v) is 5.58. The molecular weight excluding hydrogens is 406 g/mol. The molecule has 0 radical (unpaired) electrons. The van der Waals surface area contributed by atoms with E-state index in [2.05, 4.69) is 19.9 Å². The number of carbonyl (C=O) groups is 1. The smallest absolute Gasteiger partial charge is 0.316 e. The maximum Gasteiger partial charge on any atom is 0.316 e. The maximum atomic E-state index is 12.1. The highest BCUT2D eigenvalue weighted by Crippen LogP contribution is 2.37. The van der Waals surface area contributed by atoms with Gasteiger partial charge in [0.2, 0.25) is 0 Å². The van der Waals surface area contributed by atoms with Crippen molar-refractivity contribution >= 4 is 45.1 Å². The summed E-state index contributed by atoms with van der Waals surface area (Å²) in [6.07, 6.45) is 5.76. The molecule has 0 saturated heterocycles. The van der Waals surface area contributed by atoms with Crippen molar-refractivity contribution in [1.29, 1.82) is 0 Å². The Labute approximate surface area is 177 Å². The number of fused-ring (bicyclic) bond motifs is 3. The van der Waals surface area contributed by atoms with Crippen molar-refractivity contribution in [2.75, 3.05) is 11.5 Å². The SMILES string of the molecule is Cc1cc(C)nc(SCC(=O)OCc2nc(N)c3c4c(sc3n2)CCCCC4)n1. The molecule has 0 fully saturated rings. The zero-order valence-corrected chi connectivity index (χ0v) is 18.2. The van der Waals surface area contributed by atoms with Crippen LogP contribution in [0.5, 0.6) is 0 Å². The molecule has 0 aliphatic heterocycles. The van der Waals surface area contributed by atoms with Crippen molar-refractivity contribution in [1.82, 2.24) is 19.9 Å². The largest absolute Gasteiger partial charge is 0.457 e. The molecule has 0 aromatic carbocycles. The van der Waals surface area contributed by atoms with E-state index in [0.717, 1.165) is 34.4 Å². The van der Waals surface area contributed by atoms with E-state index in [-0.39, 0.29) is 18.3 Å². The minimum atomic E-state index is -0.359. The molecular formula is C20H23N5O2S2. The van der Waals surface area contributed by atoms with Crippen LogP contribution in [-0.2, 0) is 29.0 Å². The number of rotatable bonds is 5. The summed E-state index contributed by atoms with van der Waals surface area (Å²) < 4.78 is 5.35. The third-order valence-corrected chi connectivity index (χ3v) is 6.79. The first-order chi connectivity index (χ1) is 14.0. The number of nitrogens with zero attached hydrogens (tertiary/aromatic N) is 4. The monoisotopic (exact) mass is 429 g/mol. The summed E-state index contributed by atoms with van der Waals surface area (Å²) in [5, 5.41) is 1.56. The Bertz CT molecular complexity index is 1050. The van der Waals surface area contributed by atoms with Crippen LogP contribution in [0.15, 0.2) is 11.2 Å². The van der Waals surface area contributed by atoms with Gasteiger partial charge in [-0.1, -0.05) is 18.2 Å². The van der Waals surface area contributed by atoms with Crippen molar-refractivity contribution in [3.8, 4) is 0 Å². The highest BCUT2D eigenvalue weighted by Gasteiger charge is 2.19. The zero-order chi connectivity index (χ0) is 20.4. The van der Waals surface area contributed by atoms with Gasteiger partial charge in [0.15, 0.2) is 17.6 Å². The Morgan fingerprint density at radius 2 is 1.90 bits per heavy atom. The summed E-state index contributed by atoms with van der Waals surface area (Å²) in [6, 6.07) is 1.89. The lowest BCUT2D eigenvalue weighted by Crippen LogP contribution is -2.10. The van der Waals surface area contributed by atoms with Gasteiger partial charge in [0.05, 0.1) is 11.1 Å². The molecule has 1 aliphatic rings. The summed E-state index contributed by atoms with van der Waals surface area (Å²) in [7, 11) is 0. The average Bonchev–Trinajstić information content (AvgIpc) is 2.86. The number of aryl methyl sites for hydroxylation is 4. The van der Waals surface area contributed by atoms with E-state index in [4.69, 9.17) is 10.5 Å². The van der Waals surface area contributed by atoms with Gasteiger partial charge in [-0.25, -0.2) is 19.9 Å². The van der Waals surface area contributed by atoms with Gasteiger partial charge < -0.3 is 10.5 Å². The van der Waals surface area contributed by atoms with Crippen LogP contribution in [-0.4, -0.2) is 31.7 Å². The zero-order valence-electron chi connectivity index (χ0n) is 16.5. The van der Waals surface area contributed by atoms with Crippen molar-refractivity contribution in [3.05, 3.63) is 33.7 Å². The van der Waals surface area contributed by atoms with Crippen LogP contribution in [0.2, 0.25) is 0 Å². The first kappa shape index (κ1) is 20.0. The van der Waals surface area contributed by atoms with Gasteiger partial charge in [0.1, 0.15) is 10.6 Å². The van der Waals surface area contributed by atoms with Gasteiger partial charge in [0.25, 0.3) is 0 Å². The molecule has 1 aliphatic carbocycles. The summed E-state index contributed by atoms with van der Waals surface area (Å²) in [5.41, 5.74) is 9.30. The highest BCUT2D eigenvalue weighted by molar-refractivity contribution is 7.99. The molecule has 3 aromatic rings. The molecule has 3 heterocycles. The van der Waals surface area contributed by atoms with Crippen LogP contribution in [0.1, 0.15) is 46.9 Å². The molecule has 0 saturated carbocycles. The van der Waals surface area contributed by atoms with E-state index in [1.54, 1.807) is 11.3 Å². The first-order valence-electron chi connectivity index (χ1n) is 9.67. The van der Waals surface area contributed by atoms with Gasteiger partial charge in [-0.15, -0.1) is 11.3 Å². The van der Waals surface area contributed by atoms with Crippen LogP contribution in [0.25, 0.3) is 10.2 Å². The Kier molecular flexibility index (Phi) is 5.96. The molecule has 152 valence electrons. The first-order valence-corrected chi connectivity index (χ1v) is 11.5. The molecule has 4 rings (SSSR count). The number of anilines is 1. The Morgan fingerprint density at radius 3 is 2.69 bits per heavy atom. The van der Waals surface area contributed by atoms with E-state index >= 15 is 0 Å². The van der Waals surface area contributed by atoms with E-state index in [1.165, 1.54) is 41.5 Å². The number of hydrogen-bond acceptors (Lipinski definition) is 9. The molecule has 29 heavy (non-hydrogen) atoms. The molecule has 0 amide bonds. The van der Waals surface area contributed by atoms with E-state index < -0.39 is 0 Å². The molecule has 2 N–H and O–H groups in total. The van der Waals surface area contributed by atoms with Gasteiger partial charge >= 0.3 is 5.97 Å². The van der Waals surface area contributed by atoms with Gasteiger partial charge in [-0.05, 0) is 51.2 Å².